The normalized spacial score (nSPS) is 10.8. The molecule has 3 aromatic rings. The van der Waals surface area contributed by atoms with Crippen molar-refractivity contribution in [3.05, 3.63) is 64.1 Å². The van der Waals surface area contributed by atoms with E-state index in [0.29, 0.717) is 11.1 Å². The van der Waals surface area contributed by atoms with Crippen LogP contribution in [-0.2, 0) is 13.0 Å². The summed E-state index contributed by atoms with van der Waals surface area (Å²) in [7, 11) is 0. The summed E-state index contributed by atoms with van der Waals surface area (Å²) < 4.78 is 4.97. The zero-order valence-electron chi connectivity index (χ0n) is 11.3. The van der Waals surface area contributed by atoms with E-state index in [1.54, 1.807) is 6.07 Å². The van der Waals surface area contributed by atoms with Gasteiger partial charge in [0.05, 0.1) is 5.52 Å². The molecule has 0 aliphatic carbocycles. The summed E-state index contributed by atoms with van der Waals surface area (Å²) in [6.45, 7) is 2.89. The quantitative estimate of drug-likeness (QED) is 0.763. The second kappa shape index (κ2) is 5.25. The average Bonchev–Trinajstić information content (AvgIpc) is 2.85. The number of nitrogens with one attached hydrogen (secondary N) is 2. The van der Waals surface area contributed by atoms with Crippen LogP contribution in [0.25, 0.3) is 11.1 Å². The average molecular weight is 268 g/mol. The molecule has 0 fully saturated rings. The first-order valence-corrected chi connectivity index (χ1v) is 6.69. The predicted molar refractivity (Wildman–Crippen MR) is 80.0 cm³/mol. The predicted octanol–water partition coefficient (Wildman–Crippen LogP) is 3.30. The van der Waals surface area contributed by atoms with Crippen LogP contribution in [0.1, 0.15) is 18.1 Å². The van der Waals surface area contributed by atoms with E-state index in [2.05, 4.69) is 41.5 Å². The summed E-state index contributed by atoms with van der Waals surface area (Å²) in [5.41, 5.74) is 4.80. The van der Waals surface area contributed by atoms with Gasteiger partial charge in [0, 0.05) is 12.2 Å². The molecule has 0 amide bonds. The third-order valence-electron chi connectivity index (χ3n) is 3.35. The van der Waals surface area contributed by atoms with Crippen molar-refractivity contribution in [3.63, 3.8) is 0 Å². The second-order valence-electron chi connectivity index (χ2n) is 4.75. The van der Waals surface area contributed by atoms with E-state index in [-0.39, 0.29) is 0 Å². The third kappa shape index (κ3) is 2.59. The summed E-state index contributed by atoms with van der Waals surface area (Å²) in [4.78, 5) is 13.7. The summed E-state index contributed by atoms with van der Waals surface area (Å²) in [6.07, 6.45) is 1.05. The lowest BCUT2D eigenvalue weighted by Gasteiger charge is -2.07. The van der Waals surface area contributed by atoms with Crippen molar-refractivity contribution in [1.82, 2.24) is 4.98 Å². The first-order chi connectivity index (χ1) is 9.74. The number of oxazole rings is 1. The zero-order chi connectivity index (χ0) is 13.9. The van der Waals surface area contributed by atoms with Crippen LogP contribution in [0, 0.1) is 0 Å². The summed E-state index contributed by atoms with van der Waals surface area (Å²) >= 11 is 0. The molecule has 0 saturated heterocycles. The molecule has 3 rings (SSSR count). The molecule has 0 radical (unpaired) electrons. The maximum Gasteiger partial charge on any atom is 0.417 e. The van der Waals surface area contributed by atoms with Crippen LogP contribution in [0.3, 0.4) is 0 Å². The van der Waals surface area contributed by atoms with E-state index in [1.807, 2.05) is 12.1 Å². The molecule has 1 heterocycles. The van der Waals surface area contributed by atoms with Gasteiger partial charge in [-0.2, -0.15) is 0 Å². The number of hydrogen-bond donors (Lipinski definition) is 2. The number of hydrogen-bond acceptors (Lipinski definition) is 3. The number of benzene rings is 2. The molecular formula is C16H16N2O2. The fraction of sp³-hybridized carbons (Fsp3) is 0.188. The van der Waals surface area contributed by atoms with Gasteiger partial charge in [0.15, 0.2) is 5.58 Å². The lowest BCUT2D eigenvalue weighted by molar-refractivity contribution is 0.555. The molecule has 0 atom stereocenters. The molecule has 0 saturated carbocycles. The van der Waals surface area contributed by atoms with Gasteiger partial charge in [0.2, 0.25) is 0 Å². The molecule has 0 aliphatic heterocycles. The van der Waals surface area contributed by atoms with Crippen molar-refractivity contribution in [3.8, 4) is 0 Å². The van der Waals surface area contributed by atoms with Crippen LogP contribution in [-0.4, -0.2) is 4.98 Å². The van der Waals surface area contributed by atoms with E-state index in [1.165, 1.54) is 11.1 Å². The van der Waals surface area contributed by atoms with E-state index >= 15 is 0 Å². The monoisotopic (exact) mass is 268 g/mol. The first kappa shape index (κ1) is 12.5. The molecule has 0 unspecified atom stereocenters. The van der Waals surface area contributed by atoms with Gasteiger partial charge in [-0.3, -0.25) is 4.98 Å². The van der Waals surface area contributed by atoms with Gasteiger partial charge in [-0.1, -0.05) is 31.2 Å². The lowest BCUT2D eigenvalue weighted by atomic mass is 10.1. The minimum Gasteiger partial charge on any atom is -0.408 e. The largest absolute Gasteiger partial charge is 0.417 e. The van der Waals surface area contributed by atoms with E-state index in [0.717, 1.165) is 18.7 Å². The number of anilines is 1. The Bertz CT molecular complexity index is 769. The standard InChI is InChI=1S/C16H16N2O2/c1-2-11-3-5-12(6-4-11)10-17-13-7-8-15-14(9-13)18-16(19)20-15/h3-9,17H,2,10H2,1H3,(H,18,19). The Kier molecular flexibility index (Phi) is 3.29. The number of aryl methyl sites for hydroxylation is 1. The molecule has 102 valence electrons. The smallest absolute Gasteiger partial charge is 0.408 e. The van der Waals surface area contributed by atoms with Crippen LogP contribution in [0.2, 0.25) is 0 Å². The zero-order valence-corrected chi connectivity index (χ0v) is 11.3. The Labute approximate surface area is 116 Å². The number of rotatable bonds is 4. The highest BCUT2D eigenvalue weighted by Gasteiger charge is 2.02. The van der Waals surface area contributed by atoms with Crippen molar-refractivity contribution in [1.29, 1.82) is 0 Å². The fourth-order valence-electron chi connectivity index (χ4n) is 2.16. The highest BCUT2D eigenvalue weighted by molar-refractivity contribution is 5.76. The molecule has 0 bridgehead atoms. The molecule has 20 heavy (non-hydrogen) atoms. The van der Waals surface area contributed by atoms with Gasteiger partial charge in [-0.05, 0) is 35.7 Å². The van der Waals surface area contributed by atoms with Gasteiger partial charge >= 0.3 is 5.76 Å². The minimum absolute atomic E-state index is 0.424. The molecule has 4 heteroatoms. The molecule has 2 N–H and O–H groups in total. The summed E-state index contributed by atoms with van der Waals surface area (Å²) in [6, 6.07) is 14.1. The Morgan fingerprint density at radius 2 is 1.85 bits per heavy atom. The Morgan fingerprint density at radius 3 is 2.60 bits per heavy atom. The molecule has 2 aromatic carbocycles. The van der Waals surface area contributed by atoms with Crippen molar-refractivity contribution in [2.75, 3.05) is 5.32 Å². The minimum atomic E-state index is -0.424. The van der Waals surface area contributed by atoms with Crippen LogP contribution in [0.5, 0.6) is 0 Å². The Morgan fingerprint density at radius 1 is 1.10 bits per heavy atom. The van der Waals surface area contributed by atoms with E-state index < -0.39 is 5.76 Å². The van der Waals surface area contributed by atoms with Crippen molar-refractivity contribution >= 4 is 16.8 Å². The van der Waals surface area contributed by atoms with Gasteiger partial charge in [-0.15, -0.1) is 0 Å². The summed E-state index contributed by atoms with van der Waals surface area (Å²) in [5.74, 6) is -0.424. The van der Waals surface area contributed by atoms with E-state index in [4.69, 9.17) is 4.42 Å². The van der Waals surface area contributed by atoms with Crippen molar-refractivity contribution in [2.45, 2.75) is 19.9 Å². The van der Waals surface area contributed by atoms with Gasteiger partial charge in [-0.25, -0.2) is 4.79 Å². The maximum absolute atomic E-state index is 11.1. The molecule has 0 aliphatic rings. The topological polar surface area (TPSA) is 58.0 Å². The third-order valence-corrected chi connectivity index (χ3v) is 3.35. The maximum atomic E-state index is 11.1. The fourth-order valence-corrected chi connectivity index (χ4v) is 2.16. The Balaban J connectivity index is 1.73. The molecular weight excluding hydrogens is 252 g/mol. The van der Waals surface area contributed by atoms with Crippen LogP contribution < -0.4 is 11.1 Å². The number of aromatic nitrogens is 1. The molecule has 1 aromatic heterocycles. The van der Waals surface area contributed by atoms with Gasteiger partial charge in [0.25, 0.3) is 0 Å². The SMILES string of the molecule is CCc1ccc(CNc2ccc3oc(=O)[nH]c3c2)cc1. The number of H-pyrrole nitrogens is 1. The first-order valence-electron chi connectivity index (χ1n) is 6.69. The lowest BCUT2D eigenvalue weighted by Crippen LogP contribution is -1.99. The van der Waals surface area contributed by atoms with Crippen LogP contribution in [0.15, 0.2) is 51.7 Å². The number of aromatic amines is 1. The molecule has 0 spiro atoms. The van der Waals surface area contributed by atoms with E-state index in [9.17, 15) is 4.79 Å². The second-order valence-corrected chi connectivity index (χ2v) is 4.75. The van der Waals surface area contributed by atoms with Crippen LogP contribution >= 0.6 is 0 Å². The van der Waals surface area contributed by atoms with Crippen molar-refractivity contribution in [2.24, 2.45) is 0 Å². The van der Waals surface area contributed by atoms with Gasteiger partial charge < -0.3 is 9.73 Å². The number of fused-ring (bicyclic) bond motifs is 1. The van der Waals surface area contributed by atoms with Crippen LogP contribution in [0.4, 0.5) is 5.69 Å². The molecule has 4 nitrogen and oxygen atoms in total. The highest BCUT2D eigenvalue weighted by Crippen LogP contribution is 2.17. The van der Waals surface area contributed by atoms with Crippen molar-refractivity contribution < 1.29 is 4.42 Å². The van der Waals surface area contributed by atoms with Gasteiger partial charge in [0.1, 0.15) is 0 Å². The Hall–Kier alpha value is -2.49. The highest BCUT2D eigenvalue weighted by atomic mass is 16.4. The summed E-state index contributed by atoms with van der Waals surface area (Å²) in [5, 5.41) is 3.34.